The minimum atomic E-state index is -3.66. The number of amides is 1. The maximum absolute atomic E-state index is 13.4. The van der Waals surface area contributed by atoms with Crippen molar-refractivity contribution < 1.29 is 17.9 Å². The molecule has 2 aromatic heterocycles. The van der Waals surface area contributed by atoms with E-state index in [-0.39, 0.29) is 10.8 Å². The highest BCUT2D eigenvalue weighted by atomic mass is 32.2. The van der Waals surface area contributed by atoms with Crippen molar-refractivity contribution in [2.24, 2.45) is 0 Å². The van der Waals surface area contributed by atoms with E-state index in [1.54, 1.807) is 19.2 Å². The second-order valence-corrected chi connectivity index (χ2v) is 13.0. The highest BCUT2D eigenvalue weighted by Gasteiger charge is 2.29. The van der Waals surface area contributed by atoms with Gasteiger partial charge >= 0.3 is 0 Å². The van der Waals surface area contributed by atoms with Crippen LogP contribution in [0.4, 0.5) is 5.69 Å². The van der Waals surface area contributed by atoms with Gasteiger partial charge in [-0.05, 0) is 66.6 Å². The second-order valence-electron chi connectivity index (χ2n) is 11.0. The lowest BCUT2D eigenvalue weighted by atomic mass is 10.1. The normalized spacial score (nSPS) is 14.5. The lowest BCUT2D eigenvalue weighted by molar-refractivity contribution is -0.114. The molecule has 0 radical (unpaired) electrons. The van der Waals surface area contributed by atoms with Gasteiger partial charge in [0, 0.05) is 57.1 Å². The molecule has 1 fully saturated rings. The van der Waals surface area contributed by atoms with Crippen LogP contribution in [-0.4, -0.2) is 66.2 Å². The molecule has 9 nitrogen and oxygen atoms in total. The number of pyridine rings is 1. The van der Waals surface area contributed by atoms with Gasteiger partial charge < -0.3 is 14.5 Å². The van der Waals surface area contributed by atoms with Crippen molar-refractivity contribution in [3.8, 4) is 28.1 Å². The molecule has 1 aliphatic heterocycles. The number of hydrogen-bond donors (Lipinski definition) is 1. The van der Waals surface area contributed by atoms with E-state index >= 15 is 0 Å². The van der Waals surface area contributed by atoms with Gasteiger partial charge in [0.1, 0.15) is 11.4 Å². The first-order valence-corrected chi connectivity index (χ1v) is 16.0. The SMILES string of the molecule is COc1cccc(-c2nc3ccc(-c4cccc(C)c4)cn3c2CN2CCN(S(=O)(=O)c3ccc(NC(C)=O)cc3)CC2)c1. The van der Waals surface area contributed by atoms with Gasteiger partial charge in [-0.15, -0.1) is 0 Å². The summed E-state index contributed by atoms with van der Waals surface area (Å²) >= 11 is 0. The molecule has 1 saturated heterocycles. The fraction of sp³-hybridized carbons (Fsp3) is 0.235. The Hall–Kier alpha value is -4.51. The van der Waals surface area contributed by atoms with Crippen LogP contribution in [0.15, 0.2) is 96.0 Å². The van der Waals surface area contributed by atoms with E-state index in [1.165, 1.54) is 28.9 Å². The number of rotatable bonds is 8. The monoisotopic (exact) mass is 609 g/mol. The van der Waals surface area contributed by atoms with E-state index in [0.29, 0.717) is 38.4 Å². The van der Waals surface area contributed by atoms with Crippen molar-refractivity contribution in [3.63, 3.8) is 0 Å². The Morgan fingerprint density at radius 3 is 2.32 bits per heavy atom. The Labute approximate surface area is 257 Å². The first-order chi connectivity index (χ1) is 21.2. The number of piperazine rings is 1. The summed E-state index contributed by atoms with van der Waals surface area (Å²) in [6, 6.07) is 26.8. The van der Waals surface area contributed by atoms with Gasteiger partial charge in [-0.2, -0.15) is 4.31 Å². The van der Waals surface area contributed by atoms with Gasteiger partial charge in [-0.3, -0.25) is 9.69 Å². The first-order valence-electron chi connectivity index (χ1n) is 14.5. The number of aryl methyl sites for hydroxylation is 1. The van der Waals surface area contributed by atoms with Crippen LogP contribution in [0.2, 0.25) is 0 Å². The summed E-state index contributed by atoms with van der Waals surface area (Å²) in [5.41, 5.74) is 7.71. The number of ether oxygens (including phenoxy) is 1. The number of hydrogen-bond acceptors (Lipinski definition) is 6. The summed E-state index contributed by atoms with van der Waals surface area (Å²) in [5.74, 6) is 0.554. The molecule has 0 atom stereocenters. The van der Waals surface area contributed by atoms with Crippen molar-refractivity contribution in [2.45, 2.75) is 25.3 Å². The van der Waals surface area contributed by atoms with E-state index in [9.17, 15) is 13.2 Å². The smallest absolute Gasteiger partial charge is 0.243 e. The van der Waals surface area contributed by atoms with Gasteiger partial charge in [0.05, 0.1) is 23.4 Å². The molecular weight excluding hydrogens is 574 g/mol. The molecule has 1 N–H and O–H groups in total. The Balaban J connectivity index is 1.28. The quantitative estimate of drug-likeness (QED) is 0.251. The summed E-state index contributed by atoms with van der Waals surface area (Å²) in [4.78, 5) is 18.9. The lowest BCUT2D eigenvalue weighted by Crippen LogP contribution is -2.48. The van der Waals surface area contributed by atoms with Gasteiger partial charge in [0.2, 0.25) is 15.9 Å². The summed E-state index contributed by atoms with van der Waals surface area (Å²) in [5, 5.41) is 2.67. The van der Waals surface area contributed by atoms with Crippen LogP contribution in [0.3, 0.4) is 0 Å². The molecule has 226 valence electrons. The van der Waals surface area contributed by atoms with Gasteiger partial charge in [0.25, 0.3) is 0 Å². The predicted octanol–water partition coefficient (Wildman–Crippen LogP) is 5.45. The molecule has 10 heteroatoms. The molecule has 1 amide bonds. The molecule has 3 aromatic carbocycles. The maximum atomic E-state index is 13.4. The molecule has 0 saturated carbocycles. The van der Waals surface area contributed by atoms with Crippen LogP contribution in [0.25, 0.3) is 28.0 Å². The molecule has 6 rings (SSSR count). The summed E-state index contributed by atoms with van der Waals surface area (Å²) in [7, 11) is -2.01. The number of carbonyl (C=O) groups is 1. The summed E-state index contributed by atoms with van der Waals surface area (Å²) in [6.45, 7) is 6.00. The van der Waals surface area contributed by atoms with Crippen LogP contribution in [0.1, 0.15) is 18.2 Å². The van der Waals surface area contributed by atoms with Crippen LogP contribution < -0.4 is 10.1 Å². The molecule has 0 bridgehead atoms. The largest absolute Gasteiger partial charge is 0.497 e. The number of benzene rings is 3. The highest BCUT2D eigenvalue weighted by molar-refractivity contribution is 7.89. The lowest BCUT2D eigenvalue weighted by Gasteiger charge is -2.34. The van der Waals surface area contributed by atoms with Gasteiger partial charge in [-0.25, -0.2) is 13.4 Å². The van der Waals surface area contributed by atoms with Gasteiger partial charge in [-0.1, -0.05) is 42.0 Å². The zero-order valence-corrected chi connectivity index (χ0v) is 25.8. The Bertz CT molecular complexity index is 1930. The van der Waals surface area contributed by atoms with Crippen molar-refractivity contribution in [2.75, 3.05) is 38.6 Å². The van der Waals surface area contributed by atoms with Crippen molar-refractivity contribution >= 4 is 27.3 Å². The van der Waals surface area contributed by atoms with Crippen molar-refractivity contribution in [3.05, 3.63) is 102 Å². The third kappa shape index (κ3) is 6.10. The number of methoxy groups -OCH3 is 1. The molecule has 0 aliphatic carbocycles. The number of nitrogens with zero attached hydrogens (tertiary/aromatic N) is 4. The number of imidazole rings is 1. The third-order valence-electron chi connectivity index (χ3n) is 7.93. The van der Waals surface area contributed by atoms with Crippen molar-refractivity contribution in [1.29, 1.82) is 0 Å². The average Bonchev–Trinajstić information content (AvgIpc) is 3.38. The molecule has 5 aromatic rings. The van der Waals surface area contributed by atoms with Crippen LogP contribution in [0.5, 0.6) is 5.75 Å². The second kappa shape index (κ2) is 12.2. The first kappa shape index (κ1) is 29.6. The maximum Gasteiger partial charge on any atom is 0.243 e. The molecule has 1 aliphatic rings. The van der Waals surface area contributed by atoms with Gasteiger partial charge in [0.15, 0.2) is 0 Å². The number of nitrogens with one attached hydrogen (secondary N) is 1. The van der Waals surface area contributed by atoms with E-state index < -0.39 is 10.0 Å². The summed E-state index contributed by atoms with van der Waals surface area (Å²) in [6.07, 6.45) is 2.14. The van der Waals surface area contributed by atoms with Crippen LogP contribution in [0, 0.1) is 6.92 Å². The Morgan fingerprint density at radius 2 is 1.61 bits per heavy atom. The number of sulfonamides is 1. The number of fused-ring (bicyclic) bond motifs is 1. The average molecular weight is 610 g/mol. The van der Waals surface area contributed by atoms with Crippen LogP contribution in [-0.2, 0) is 21.4 Å². The van der Waals surface area contributed by atoms with E-state index in [0.717, 1.165) is 39.5 Å². The predicted molar refractivity (Wildman–Crippen MR) is 172 cm³/mol. The van der Waals surface area contributed by atoms with E-state index in [4.69, 9.17) is 9.72 Å². The van der Waals surface area contributed by atoms with E-state index in [1.807, 2.05) is 30.3 Å². The number of carbonyl (C=O) groups excluding carboxylic acids is 1. The topological polar surface area (TPSA) is 96.2 Å². The summed E-state index contributed by atoms with van der Waals surface area (Å²) < 4.78 is 36.0. The minimum absolute atomic E-state index is 0.205. The minimum Gasteiger partial charge on any atom is -0.497 e. The van der Waals surface area contributed by atoms with Crippen LogP contribution >= 0.6 is 0 Å². The fourth-order valence-corrected chi connectivity index (χ4v) is 7.07. The molecule has 44 heavy (non-hydrogen) atoms. The van der Waals surface area contributed by atoms with Crippen molar-refractivity contribution in [1.82, 2.24) is 18.6 Å². The zero-order valence-electron chi connectivity index (χ0n) is 25.0. The zero-order chi connectivity index (χ0) is 30.8. The highest BCUT2D eigenvalue weighted by Crippen LogP contribution is 2.31. The Kier molecular flexibility index (Phi) is 8.22. The molecule has 0 unspecified atom stereocenters. The fourth-order valence-electron chi connectivity index (χ4n) is 5.64. The number of aromatic nitrogens is 2. The standard InChI is InChI=1S/C34H35N5O4S/c1-24-6-4-7-26(20-24)28-10-15-33-36-34(27-8-5-9-30(21-27)43-3)32(39(33)22-28)23-37-16-18-38(19-17-37)44(41,42)31-13-11-29(12-14-31)35-25(2)40/h4-15,20-22H,16-19,23H2,1-3H3,(H,35,40). The molecule has 0 spiro atoms. The van der Waals surface area contributed by atoms with E-state index in [2.05, 4.69) is 58.1 Å². The third-order valence-corrected chi connectivity index (χ3v) is 9.84. The number of anilines is 1. The Morgan fingerprint density at radius 1 is 0.886 bits per heavy atom. The molecular formula is C34H35N5O4S. The molecule has 3 heterocycles.